The molecule has 2 N–H and O–H groups in total. The highest BCUT2D eigenvalue weighted by molar-refractivity contribution is 5.79. The van der Waals surface area contributed by atoms with Crippen LogP contribution in [0.25, 0.3) is 0 Å². The third kappa shape index (κ3) is 5.17. The topological polar surface area (TPSA) is 76.1 Å². The molecule has 0 bridgehead atoms. The van der Waals surface area contributed by atoms with Gasteiger partial charge in [0.25, 0.3) is 0 Å². The second-order valence-electron chi connectivity index (χ2n) is 8.51. The zero-order valence-corrected chi connectivity index (χ0v) is 17.9. The number of aromatic nitrogens is 2. The van der Waals surface area contributed by atoms with E-state index in [1.165, 1.54) is 0 Å². The van der Waals surface area contributed by atoms with Crippen molar-refractivity contribution in [3.63, 3.8) is 0 Å². The number of benzene rings is 1. The quantitative estimate of drug-likeness (QED) is 0.690. The van der Waals surface area contributed by atoms with Crippen LogP contribution in [0.3, 0.4) is 0 Å². The van der Waals surface area contributed by atoms with Crippen molar-refractivity contribution >= 4 is 11.7 Å². The molecule has 6 heteroatoms. The van der Waals surface area contributed by atoms with Crippen LogP contribution < -0.4 is 10.6 Å². The number of hydrogen-bond acceptors (Lipinski definition) is 5. The number of anilines is 1. The first kappa shape index (κ1) is 20.8. The summed E-state index contributed by atoms with van der Waals surface area (Å²) in [6, 6.07) is 12.1. The Morgan fingerprint density at radius 3 is 2.47 bits per heavy atom. The van der Waals surface area contributed by atoms with Crippen molar-refractivity contribution in [3.05, 3.63) is 53.5 Å². The summed E-state index contributed by atoms with van der Waals surface area (Å²) in [5, 5.41) is 6.48. The molecule has 2 aliphatic carbocycles. The molecule has 1 aromatic carbocycles. The second-order valence-corrected chi connectivity index (χ2v) is 8.51. The number of nitrogens with zero attached hydrogens (tertiary/aromatic N) is 2. The lowest BCUT2D eigenvalue weighted by molar-refractivity contribution is -0.127. The molecule has 1 atom stereocenters. The van der Waals surface area contributed by atoms with Crippen molar-refractivity contribution in [2.75, 3.05) is 19.5 Å². The van der Waals surface area contributed by atoms with Crippen molar-refractivity contribution in [2.45, 2.75) is 63.0 Å². The number of carbonyl (C=O) groups is 1. The summed E-state index contributed by atoms with van der Waals surface area (Å²) >= 11 is 0. The van der Waals surface area contributed by atoms with Gasteiger partial charge in [0.15, 0.2) is 0 Å². The van der Waals surface area contributed by atoms with Gasteiger partial charge in [0.05, 0.1) is 12.1 Å². The molecule has 30 heavy (non-hydrogen) atoms. The molecule has 0 saturated heterocycles. The van der Waals surface area contributed by atoms with Gasteiger partial charge >= 0.3 is 0 Å². The van der Waals surface area contributed by atoms with Gasteiger partial charge in [0.2, 0.25) is 5.91 Å². The maximum absolute atomic E-state index is 13.1. The van der Waals surface area contributed by atoms with E-state index in [0.717, 1.165) is 61.4 Å². The van der Waals surface area contributed by atoms with Crippen LogP contribution in [0.15, 0.2) is 36.4 Å². The molecule has 2 aromatic rings. The van der Waals surface area contributed by atoms with Crippen molar-refractivity contribution < 1.29 is 9.53 Å². The molecule has 6 nitrogen and oxygen atoms in total. The number of ether oxygens (including phenoxy) is 1. The van der Waals surface area contributed by atoms with E-state index in [1.54, 1.807) is 7.11 Å². The summed E-state index contributed by atoms with van der Waals surface area (Å²) in [5.41, 5.74) is 2.07. The average molecular weight is 409 g/mol. The predicted molar refractivity (Wildman–Crippen MR) is 117 cm³/mol. The van der Waals surface area contributed by atoms with E-state index in [0.29, 0.717) is 18.4 Å². The van der Waals surface area contributed by atoms with Gasteiger partial charge in [-0.15, -0.1) is 0 Å². The maximum Gasteiger partial charge on any atom is 0.223 e. The van der Waals surface area contributed by atoms with Gasteiger partial charge in [0, 0.05) is 44.2 Å². The molecule has 1 unspecified atom stereocenters. The van der Waals surface area contributed by atoms with E-state index in [-0.39, 0.29) is 17.9 Å². The largest absolute Gasteiger partial charge is 0.381 e. The summed E-state index contributed by atoms with van der Waals surface area (Å²) in [7, 11) is 3.64. The Hall–Kier alpha value is -2.47. The van der Waals surface area contributed by atoms with Gasteiger partial charge < -0.3 is 15.4 Å². The number of rotatable bonds is 8. The zero-order chi connectivity index (χ0) is 20.9. The molecule has 2 aliphatic rings. The fraction of sp³-hybridized carbons (Fsp3) is 0.542. The molecule has 0 radical (unpaired) electrons. The van der Waals surface area contributed by atoms with Gasteiger partial charge in [-0.05, 0) is 44.1 Å². The predicted octanol–water partition coefficient (Wildman–Crippen LogP) is 4.00. The van der Waals surface area contributed by atoms with Crippen LogP contribution in [0.1, 0.15) is 67.6 Å². The molecule has 4 rings (SSSR count). The van der Waals surface area contributed by atoms with E-state index in [1.807, 2.05) is 31.3 Å². The second kappa shape index (κ2) is 9.56. The molecule has 160 valence electrons. The summed E-state index contributed by atoms with van der Waals surface area (Å²) in [6.07, 6.45) is 6.94. The normalized spacial score (nSPS) is 22.3. The Labute approximate surface area is 178 Å². The van der Waals surface area contributed by atoms with Gasteiger partial charge in [-0.25, -0.2) is 9.97 Å². The van der Waals surface area contributed by atoms with Crippen LogP contribution in [0.5, 0.6) is 0 Å². The maximum atomic E-state index is 13.1. The molecular formula is C24H32N4O2. The van der Waals surface area contributed by atoms with E-state index in [9.17, 15) is 4.79 Å². The highest BCUT2D eigenvalue weighted by Crippen LogP contribution is 2.38. The zero-order valence-electron chi connectivity index (χ0n) is 17.9. The molecular weight excluding hydrogens is 376 g/mol. The lowest BCUT2D eigenvalue weighted by Gasteiger charge is -2.28. The third-order valence-electron chi connectivity index (χ3n) is 6.31. The van der Waals surface area contributed by atoms with E-state index in [2.05, 4.69) is 27.8 Å². The average Bonchev–Trinajstić information content (AvgIpc) is 3.64. The minimum atomic E-state index is -0.106. The van der Waals surface area contributed by atoms with Gasteiger partial charge in [-0.3, -0.25) is 4.79 Å². The first-order chi connectivity index (χ1) is 14.7. The summed E-state index contributed by atoms with van der Waals surface area (Å²) in [6.45, 7) is 0. The molecule has 1 heterocycles. The molecule has 2 fully saturated rings. The summed E-state index contributed by atoms with van der Waals surface area (Å²) in [4.78, 5) is 22.5. The first-order valence-electron chi connectivity index (χ1n) is 11.1. The number of hydrogen-bond donors (Lipinski definition) is 2. The van der Waals surface area contributed by atoms with Crippen molar-refractivity contribution in [3.8, 4) is 0 Å². The number of nitrogens with one attached hydrogen (secondary N) is 2. The van der Waals surface area contributed by atoms with E-state index >= 15 is 0 Å². The molecule has 2 saturated carbocycles. The van der Waals surface area contributed by atoms with Crippen molar-refractivity contribution in [1.82, 2.24) is 15.3 Å². The molecule has 1 aromatic heterocycles. The molecule has 1 amide bonds. The lowest BCUT2D eigenvalue weighted by Crippen LogP contribution is -2.37. The summed E-state index contributed by atoms with van der Waals surface area (Å²) < 4.78 is 5.45. The summed E-state index contributed by atoms with van der Waals surface area (Å²) in [5.74, 6) is 2.45. The van der Waals surface area contributed by atoms with Crippen LogP contribution in [0.4, 0.5) is 5.82 Å². The standard InChI is InChI=1S/C24H32N4O2/c1-25-22-15-19(26-23(28-22)17-8-9-17)14-21(16-6-4-3-5-7-16)27-24(29)18-10-12-20(30-2)13-11-18/h3-7,15,17-18,20-21H,8-14H2,1-2H3,(H,27,29)(H,25,26,28). The van der Waals surface area contributed by atoms with Crippen LogP contribution in [-0.2, 0) is 16.0 Å². The van der Waals surface area contributed by atoms with Gasteiger partial charge in [-0.2, -0.15) is 0 Å². The van der Waals surface area contributed by atoms with Gasteiger partial charge in [0.1, 0.15) is 11.6 Å². The van der Waals surface area contributed by atoms with Crippen LogP contribution >= 0.6 is 0 Å². The SMILES string of the molecule is CNc1cc(CC(NC(=O)C2CCC(OC)CC2)c2ccccc2)nc(C2CC2)n1. The number of carbonyl (C=O) groups excluding carboxylic acids is 1. The fourth-order valence-corrected chi connectivity index (χ4v) is 4.27. The van der Waals surface area contributed by atoms with E-state index in [4.69, 9.17) is 9.72 Å². The molecule has 0 spiro atoms. The Balaban J connectivity index is 1.51. The highest BCUT2D eigenvalue weighted by Gasteiger charge is 2.30. The van der Waals surface area contributed by atoms with Crippen LogP contribution in [0.2, 0.25) is 0 Å². The number of amides is 1. The minimum Gasteiger partial charge on any atom is -0.381 e. The first-order valence-corrected chi connectivity index (χ1v) is 11.1. The number of methoxy groups -OCH3 is 1. The minimum absolute atomic E-state index is 0.0582. The van der Waals surface area contributed by atoms with Crippen molar-refractivity contribution in [2.24, 2.45) is 5.92 Å². The van der Waals surface area contributed by atoms with Crippen LogP contribution in [0, 0.1) is 5.92 Å². The Morgan fingerprint density at radius 1 is 1.10 bits per heavy atom. The fourth-order valence-electron chi connectivity index (χ4n) is 4.27. The lowest BCUT2D eigenvalue weighted by atomic mass is 9.86. The van der Waals surface area contributed by atoms with Crippen LogP contribution in [-0.4, -0.2) is 36.1 Å². The highest BCUT2D eigenvalue weighted by atomic mass is 16.5. The Morgan fingerprint density at radius 2 is 1.83 bits per heavy atom. The monoisotopic (exact) mass is 408 g/mol. The van der Waals surface area contributed by atoms with E-state index < -0.39 is 0 Å². The Bertz CT molecular complexity index is 846. The Kier molecular flexibility index (Phi) is 6.62. The molecule has 0 aliphatic heterocycles. The smallest absolute Gasteiger partial charge is 0.223 e. The van der Waals surface area contributed by atoms with Gasteiger partial charge in [-0.1, -0.05) is 30.3 Å². The van der Waals surface area contributed by atoms with Crippen molar-refractivity contribution in [1.29, 1.82) is 0 Å². The third-order valence-corrected chi connectivity index (χ3v) is 6.31.